The first kappa shape index (κ1) is 31.1. The second-order valence-electron chi connectivity index (χ2n) is 6.81. The molecule has 0 heterocycles. The van der Waals surface area contributed by atoms with Crippen LogP contribution in [0.5, 0.6) is 0 Å². The molecule has 4 atom stereocenters. The molecule has 4 aliphatic carbocycles. The summed E-state index contributed by atoms with van der Waals surface area (Å²) in [5.41, 5.74) is 3.16. The topological polar surface area (TPSA) is 0 Å². The van der Waals surface area contributed by atoms with E-state index in [4.69, 9.17) is 0 Å². The molecule has 0 nitrogen and oxygen atoms in total. The Morgan fingerprint density at radius 3 is 1.46 bits per heavy atom. The van der Waals surface area contributed by atoms with Crippen molar-refractivity contribution >= 4 is 6.88 Å². The van der Waals surface area contributed by atoms with E-state index in [0.717, 1.165) is 23.7 Å². The van der Waals surface area contributed by atoms with Crippen molar-refractivity contribution in [2.75, 3.05) is 0 Å². The molecule has 4 heteroatoms. The van der Waals surface area contributed by atoms with E-state index in [2.05, 4.69) is 63.1 Å². The first-order chi connectivity index (χ1) is 10.7. The van der Waals surface area contributed by atoms with Gasteiger partial charge in [-0.2, -0.15) is 0 Å². The third-order valence-electron chi connectivity index (χ3n) is 4.90. The summed E-state index contributed by atoms with van der Waals surface area (Å²) in [6, 6.07) is 0. The van der Waals surface area contributed by atoms with E-state index in [1.807, 2.05) is 6.88 Å². The molecule has 0 amide bonds. The van der Waals surface area contributed by atoms with Crippen LogP contribution in [0.1, 0.15) is 39.5 Å². The molecular formula is C22H34Cl2SiZr-6. The summed E-state index contributed by atoms with van der Waals surface area (Å²) in [6.45, 7) is 6.56. The molecule has 0 spiro atoms. The molecule has 2 saturated carbocycles. The Bertz CT molecular complexity index is 452. The van der Waals surface area contributed by atoms with Gasteiger partial charge in [0.05, 0.1) is 0 Å². The third kappa shape index (κ3) is 9.05. The van der Waals surface area contributed by atoms with Gasteiger partial charge >= 0.3 is 30.2 Å². The number of hydrogen-bond acceptors (Lipinski definition) is 0. The normalized spacial score (nSPS) is 28.3. The van der Waals surface area contributed by atoms with Crippen molar-refractivity contribution in [3.63, 3.8) is 0 Å². The Labute approximate surface area is 192 Å². The molecule has 0 aromatic heterocycles. The zero-order valence-electron chi connectivity index (χ0n) is 16.7. The van der Waals surface area contributed by atoms with E-state index < -0.39 is 0 Å². The molecule has 4 aliphatic rings. The zero-order chi connectivity index (χ0) is 15.9. The van der Waals surface area contributed by atoms with Crippen molar-refractivity contribution < 1.29 is 48.1 Å². The average molecular weight is 489 g/mol. The molecular weight excluding hydrogens is 454 g/mol. The predicted molar refractivity (Wildman–Crippen MR) is 108 cm³/mol. The molecule has 0 aliphatic heterocycles. The monoisotopic (exact) mass is 486 g/mol. The predicted octanol–water partition coefficient (Wildman–Crippen LogP) is -0.544. The summed E-state index contributed by atoms with van der Waals surface area (Å²) >= 11 is 1.58. The first-order valence-corrected chi connectivity index (χ1v) is 14.4. The Balaban J connectivity index is -0.000000326. The Morgan fingerprint density at radius 1 is 0.808 bits per heavy atom. The summed E-state index contributed by atoms with van der Waals surface area (Å²) in [7, 11) is 0. The van der Waals surface area contributed by atoms with Gasteiger partial charge in [0.2, 0.25) is 0 Å². The maximum atomic E-state index is 2.41. The fraction of sp³-hybridized carbons (Fsp3) is 0.455. The molecule has 0 radical (unpaired) electrons. The summed E-state index contributed by atoms with van der Waals surface area (Å²) in [5, 5.41) is 0. The Hall–Kier alpha value is 0.380. The van der Waals surface area contributed by atoms with Gasteiger partial charge in [-0.05, 0) is 24.7 Å². The van der Waals surface area contributed by atoms with Crippen LogP contribution in [0.2, 0.25) is 0 Å². The van der Waals surface area contributed by atoms with Gasteiger partial charge in [-0.3, -0.25) is 0 Å². The van der Waals surface area contributed by atoms with Gasteiger partial charge in [-0.1, -0.05) is 38.5 Å². The van der Waals surface area contributed by atoms with Gasteiger partial charge in [0.25, 0.3) is 0 Å². The fourth-order valence-corrected chi connectivity index (χ4v) is 3.93. The summed E-state index contributed by atoms with van der Waals surface area (Å²) in [5.74, 6) is 3.35. The Kier molecular flexibility index (Phi) is 19.5. The minimum atomic E-state index is 0. The number of fused-ring (bicyclic) bond motifs is 2. The first-order valence-electron chi connectivity index (χ1n) is 8.51. The van der Waals surface area contributed by atoms with Crippen LogP contribution in [-0.4, -0.2) is 6.88 Å². The van der Waals surface area contributed by atoms with Crippen LogP contribution in [0.15, 0.2) is 47.6 Å². The molecule has 4 unspecified atom stereocenters. The van der Waals surface area contributed by atoms with E-state index in [9.17, 15) is 0 Å². The summed E-state index contributed by atoms with van der Waals surface area (Å²) < 4.78 is 0. The van der Waals surface area contributed by atoms with Gasteiger partial charge in [0.15, 0.2) is 0 Å². The van der Waals surface area contributed by atoms with Gasteiger partial charge in [-0.15, -0.1) is 24.3 Å². The van der Waals surface area contributed by atoms with Crippen molar-refractivity contribution in [2.24, 2.45) is 23.7 Å². The van der Waals surface area contributed by atoms with Gasteiger partial charge < -0.3 is 39.7 Å². The minimum absolute atomic E-state index is 0. The van der Waals surface area contributed by atoms with Crippen LogP contribution >= 0.6 is 0 Å². The molecule has 150 valence electrons. The van der Waals surface area contributed by atoms with E-state index in [0.29, 0.717) is 0 Å². The van der Waals surface area contributed by atoms with E-state index >= 15 is 0 Å². The van der Waals surface area contributed by atoms with Crippen molar-refractivity contribution in [2.45, 2.75) is 39.5 Å². The summed E-state index contributed by atoms with van der Waals surface area (Å²) in [6.07, 6.45) is 23.5. The van der Waals surface area contributed by atoms with Crippen molar-refractivity contribution in [3.05, 3.63) is 75.3 Å². The molecule has 26 heavy (non-hydrogen) atoms. The van der Waals surface area contributed by atoms with Crippen molar-refractivity contribution in [3.8, 4) is 0 Å². The molecule has 0 N–H and O–H groups in total. The molecule has 0 aromatic carbocycles. The van der Waals surface area contributed by atoms with E-state index in [1.54, 1.807) is 34.5 Å². The number of rotatable bonds is 0. The standard InChI is InChI=1S/2C10H13.2CH3.2ClH.H2Si.Zr/c2*1-8-6-9-4-2-3-5-10(9)7-8;;;;;;/h2*2-4,6,8,10H,5,7H2,1H3;2*1H3;2*1H;1H2;/q4*-1;;;;/p-2. The van der Waals surface area contributed by atoms with Crippen LogP contribution in [0.3, 0.4) is 0 Å². The molecule has 0 saturated heterocycles. The van der Waals surface area contributed by atoms with Crippen LogP contribution in [0.25, 0.3) is 0 Å². The van der Waals surface area contributed by atoms with E-state index in [-0.39, 0.29) is 39.7 Å². The Morgan fingerprint density at radius 2 is 1.15 bits per heavy atom. The molecule has 0 bridgehead atoms. The number of halogens is 2. The molecule has 2 fully saturated rings. The van der Waals surface area contributed by atoms with Crippen LogP contribution < -0.4 is 24.8 Å². The second-order valence-corrected chi connectivity index (χ2v) is 6.81. The van der Waals surface area contributed by atoms with Gasteiger partial charge in [0, 0.05) is 0 Å². The van der Waals surface area contributed by atoms with E-state index in [1.165, 1.54) is 25.7 Å². The number of hydrogen-bond donors (Lipinski definition) is 0. The van der Waals surface area contributed by atoms with Crippen LogP contribution in [0.4, 0.5) is 0 Å². The summed E-state index contributed by atoms with van der Waals surface area (Å²) in [4.78, 5) is 0. The van der Waals surface area contributed by atoms with Crippen molar-refractivity contribution in [1.82, 2.24) is 0 Å². The zero-order valence-corrected chi connectivity index (χ0v) is 22.1. The van der Waals surface area contributed by atoms with Crippen LogP contribution in [0, 0.1) is 51.4 Å². The maximum absolute atomic E-state index is 2.41. The van der Waals surface area contributed by atoms with Gasteiger partial charge in [0.1, 0.15) is 0 Å². The average Bonchev–Trinajstić information content (AvgIpc) is 3.10. The molecule has 0 aromatic rings. The quantitative estimate of drug-likeness (QED) is 0.317. The third-order valence-corrected chi connectivity index (χ3v) is 4.90. The number of allylic oxidation sites excluding steroid dienone is 8. The SMILES string of the molecule is CC1[CH-]C2=CC=CCC2C1.CC1[CH-]C2=CC=CCC2C1.[CH3-].[CH3-].[Cl-].[Cl-].[SiH2]=[Zr]. The molecule has 4 rings (SSSR count). The second kappa shape index (κ2) is 16.3. The van der Waals surface area contributed by atoms with Crippen molar-refractivity contribution in [1.29, 1.82) is 0 Å². The van der Waals surface area contributed by atoms with Crippen LogP contribution in [-0.2, 0) is 23.3 Å². The fourth-order valence-electron chi connectivity index (χ4n) is 3.93. The van der Waals surface area contributed by atoms with Gasteiger partial charge in [-0.25, -0.2) is 36.1 Å².